The fraction of sp³-hybridized carbons (Fsp3) is 0.714. The molecule has 0 bridgehead atoms. The third-order valence-electron chi connectivity index (χ3n) is 3.45. The summed E-state index contributed by atoms with van der Waals surface area (Å²) < 4.78 is 10.2. The van der Waals surface area contributed by atoms with E-state index in [1.165, 1.54) is 0 Å². The monoisotopic (exact) mass is 359 g/mol. The highest BCUT2D eigenvalue weighted by molar-refractivity contribution is 9.10. The van der Waals surface area contributed by atoms with E-state index in [1.807, 2.05) is 0 Å². The number of hydrogen-bond donors (Lipinski definition) is 1. The molecule has 1 aromatic rings. The van der Waals surface area contributed by atoms with Crippen LogP contribution in [0.4, 0.5) is 0 Å². The Labute approximate surface area is 133 Å². The topological polar surface area (TPSA) is 47.0 Å². The van der Waals surface area contributed by atoms with Crippen LogP contribution >= 0.6 is 27.9 Å². The standard InChI is InChI=1S/C14H22BrN3OS/c1-12(2,3)20-18-14(8-13(4,9-14)19-5)11-16-6-10(15)7-17-11/h6-7,18H,8-9H2,1-5H3. The van der Waals surface area contributed by atoms with Gasteiger partial charge in [0.2, 0.25) is 0 Å². The summed E-state index contributed by atoms with van der Waals surface area (Å²) in [5.74, 6) is 0.840. The maximum absolute atomic E-state index is 5.59. The van der Waals surface area contributed by atoms with E-state index in [0.717, 1.165) is 23.1 Å². The van der Waals surface area contributed by atoms with E-state index in [2.05, 4.69) is 58.3 Å². The van der Waals surface area contributed by atoms with E-state index in [1.54, 1.807) is 31.5 Å². The lowest BCUT2D eigenvalue weighted by molar-refractivity contribution is -0.112. The van der Waals surface area contributed by atoms with Crippen molar-refractivity contribution in [3.63, 3.8) is 0 Å². The molecule has 0 saturated heterocycles. The summed E-state index contributed by atoms with van der Waals surface area (Å²) in [5, 5.41) is 0. The van der Waals surface area contributed by atoms with E-state index in [0.29, 0.717) is 0 Å². The normalized spacial score (nSPS) is 30.1. The smallest absolute Gasteiger partial charge is 0.149 e. The van der Waals surface area contributed by atoms with Crippen LogP contribution in [0.1, 0.15) is 46.4 Å². The molecule has 6 heteroatoms. The third-order valence-corrected chi connectivity index (χ3v) is 4.96. The van der Waals surface area contributed by atoms with Crippen molar-refractivity contribution in [3.8, 4) is 0 Å². The molecule has 0 spiro atoms. The maximum atomic E-state index is 5.59. The largest absolute Gasteiger partial charge is 0.378 e. The van der Waals surface area contributed by atoms with Crippen LogP contribution in [-0.4, -0.2) is 27.4 Å². The van der Waals surface area contributed by atoms with Gasteiger partial charge in [-0.3, -0.25) is 0 Å². The first-order valence-corrected chi connectivity index (χ1v) is 8.27. The number of methoxy groups -OCH3 is 1. The Hall–Kier alpha value is -0.170. The number of nitrogens with one attached hydrogen (secondary N) is 1. The van der Waals surface area contributed by atoms with E-state index < -0.39 is 0 Å². The lowest BCUT2D eigenvalue weighted by Crippen LogP contribution is -2.60. The lowest BCUT2D eigenvalue weighted by atomic mass is 9.65. The summed E-state index contributed by atoms with van der Waals surface area (Å²) in [7, 11) is 1.77. The Morgan fingerprint density at radius 1 is 1.30 bits per heavy atom. The van der Waals surface area contributed by atoms with Gasteiger partial charge in [0.15, 0.2) is 0 Å². The van der Waals surface area contributed by atoms with Gasteiger partial charge in [0.25, 0.3) is 0 Å². The molecule has 0 atom stereocenters. The van der Waals surface area contributed by atoms with Crippen LogP contribution in [-0.2, 0) is 10.3 Å². The van der Waals surface area contributed by atoms with Crippen LogP contribution in [0.5, 0.6) is 0 Å². The zero-order valence-corrected chi connectivity index (χ0v) is 15.1. The van der Waals surface area contributed by atoms with Gasteiger partial charge in [-0.2, -0.15) is 0 Å². The molecule has 1 aliphatic carbocycles. The fourth-order valence-electron chi connectivity index (χ4n) is 2.46. The van der Waals surface area contributed by atoms with Crippen LogP contribution in [0.3, 0.4) is 0 Å². The number of aromatic nitrogens is 2. The Bertz CT molecular complexity index is 466. The average molecular weight is 360 g/mol. The first-order valence-electron chi connectivity index (χ1n) is 6.66. The molecule has 0 radical (unpaired) electrons. The molecule has 0 unspecified atom stereocenters. The predicted molar refractivity (Wildman–Crippen MR) is 86.5 cm³/mol. The minimum absolute atomic E-state index is 0.0954. The molecule has 1 aliphatic rings. The highest BCUT2D eigenvalue weighted by Gasteiger charge is 2.55. The van der Waals surface area contributed by atoms with Gasteiger partial charge in [-0.05, 0) is 43.6 Å². The number of halogens is 1. The highest BCUT2D eigenvalue weighted by atomic mass is 79.9. The van der Waals surface area contributed by atoms with Crippen molar-refractivity contribution in [2.45, 2.75) is 56.4 Å². The molecule has 1 aromatic heterocycles. The molecule has 20 heavy (non-hydrogen) atoms. The zero-order valence-electron chi connectivity index (χ0n) is 12.7. The molecular formula is C14H22BrN3OS. The lowest BCUT2D eigenvalue weighted by Gasteiger charge is -2.53. The first-order chi connectivity index (χ1) is 9.18. The number of ether oxygens (including phenoxy) is 1. The number of nitrogens with zero attached hydrogens (tertiary/aromatic N) is 2. The molecule has 0 amide bonds. The van der Waals surface area contributed by atoms with Crippen molar-refractivity contribution in [1.29, 1.82) is 0 Å². The van der Waals surface area contributed by atoms with Gasteiger partial charge in [-0.1, -0.05) is 11.9 Å². The Morgan fingerprint density at radius 3 is 2.30 bits per heavy atom. The van der Waals surface area contributed by atoms with Crippen LogP contribution < -0.4 is 4.72 Å². The van der Waals surface area contributed by atoms with Crippen molar-refractivity contribution in [2.75, 3.05) is 7.11 Å². The molecule has 0 aromatic carbocycles. The average Bonchev–Trinajstić information content (AvgIpc) is 2.33. The van der Waals surface area contributed by atoms with Gasteiger partial charge >= 0.3 is 0 Å². The quantitative estimate of drug-likeness (QED) is 0.831. The van der Waals surface area contributed by atoms with Crippen molar-refractivity contribution in [3.05, 3.63) is 22.7 Å². The van der Waals surface area contributed by atoms with Crippen molar-refractivity contribution >= 4 is 27.9 Å². The van der Waals surface area contributed by atoms with Gasteiger partial charge in [0.05, 0.1) is 15.6 Å². The molecule has 112 valence electrons. The van der Waals surface area contributed by atoms with Crippen LogP contribution in [0, 0.1) is 0 Å². The van der Waals surface area contributed by atoms with E-state index in [4.69, 9.17) is 4.74 Å². The second-order valence-electron chi connectivity index (χ2n) is 6.63. The second-order valence-corrected chi connectivity index (χ2v) is 9.18. The van der Waals surface area contributed by atoms with E-state index >= 15 is 0 Å². The Balaban J connectivity index is 2.20. The molecule has 2 rings (SSSR count). The van der Waals surface area contributed by atoms with Crippen molar-refractivity contribution in [1.82, 2.24) is 14.7 Å². The minimum Gasteiger partial charge on any atom is -0.378 e. The summed E-state index contributed by atoms with van der Waals surface area (Å²) >= 11 is 5.11. The van der Waals surface area contributed by atoms with Crippen molar-refractivity contribution in [2.24, 2.45) is 0 Å². The highest BCUT2D eigenvalue weighted by Crippen LogP contribution is 2.50. The van der Waals surface area contributed by atoms with Crippen molar-refractivity contribution < 1.29 is 4.74 Å². The number of rotatable bonds is 4. The molecular weight excluding hydrogens is 338 g/mol. The summed E-state index contributed by atoms with van der Waals surface area (Å²) in [6.45, 7) is 8.70. The summed E-state index contributed by atoms with van der Waals surface area (Å²) in [5.41, 5.74) is -0.300. The van der Waals surface area contributed by atoms with Crippen LogP contribution in [0.15, 0.2) is 16.9 Å². The maximum Gasteiger partial charge on any atom is 0.149 e. The van der Waals surface area contributed by atoms with Crippen LogP contribution in [0.25, 0.3) is 0 Å². The van der Waals surface area contributed by atoms with Gasteiger partial charge < -0.3 is 4.74 Å². The summed E-state index contributed by atoms with van der Waals surface area (Å²) in [4.78, 5) is 8.97. The van der Waals surface area contributed by atoms with E-state index in [-0.39, 0.29) is 15.9 Å². The van der Waals surface area contributed by atoms with Gasteiger partial charge in [0, 0.05) is 37.1 Å². The van der Waals surface area contributed by atoms with Gasteiger partial charge in [-0.15, -0.1) is 0 Å². The predicted octanol–water partition coefficient (Wildman–Crippen LogP) is 3.67. The molecule has 1 saturated carbocycles. The molecule has 4 nitrogen and oxygen atoms in total. The van der Waals surface area contributed by atoms with E-state index in [9.17, 15) is 0 Å². The van der Waals surface area contributed by atoms with Gasteiger partial charge in [0.1, 0.15) is 5.82 Å². The number of hydrogen-bond acceptors (Lipinski definition) is 5. The fourth-order valence-corrected chi connectivity index (χ4v) is 3.40. The second kappa shape index (κ2) is 5.55. The summed E-state index contributed by atoms with van der Waals surface area (Å²) in [6.07, 6.45) is 5.36. The molecule has 1 heterocycles. The van der Waals surface area contributed by atoms with Gasteiger partial charge in [-0.25, -0.2) is 14.7 Å². The summed E-state index contributed by atoms with van der Waals surface area (Å²) in [6, 6.07) is 0. The molecule has 1 fully saturated rings. The molecule has 0 aliphatic heterocycles. The zero-order chi connectivity index (χ0) is 15.0. The molecule has 1 N–H and O–H groups in total. The third kappa shape index (κ3) is 3.53. The Kier molecular flexibility index (Phi) is 4.50. The first kappa shape index (κ1) is 16.2. The minimum atomic E-state index is -0.205. The SMILES string of the molecule is COC1(C)CC(NSC(C)(C)C)(c2ncc(Br)cn2)C1. The Morgan fingerprint density at radius 2 is 1.85 bits per heavy atom. The van der Waals surface area contributed by atoms with Crippen LogP contribution in [0.2, 0.25) is 0 Å².